The van der Waals surface area contributed by atoms with E-state index in [2.05, 4.69) is 5.32 Å². The van der Waals surface area contributed by atoms with Gasteiger partial charge in [0.1, 0.15) is 5.54 Å². The molecule has 0 aliphatic carbocycles. The van der Waals surface area contributed by atoms with Gasteiger partial charge in [0.15, 0.2) is 0 Å². The first-order chi connectivity index (χ1) is 7.10. The van der Waals surface area contributed by atoms with Crippen molar-refractivity contribution in [2.75, 3.05) is 13.2 Å². The Balaban J connectivity index is 2.72. The zero-order valence-corrected chi connectivity index (χ0v) is 8.66. The van der Waals surface area contributed by atoms with Crippen LogP contribution >= 0.6 is 0 Å². The van der Waals surface area contributed by atoms with Crippen molar-refractivity contribution in [3.8, 4) is 0 Å². The fourth-order valence-electron chi connectivity index (χ4n) is 1.54. The van der Waals surface area contributed by atoms with Crippen molar-refractivity contribution in [1.82, 2.24) is 5.32 Å². The summed E-state index contributed by atoms with van der Waals surface area (Å²) in [5.74, 6) is -1.37. The van der Waals surface area contributed by atoms with Gasteiger partial charge >= 0.3 is 5.97 Å². The van der Waals surface area contributed by atoms with Gasteiger partial charge in [-0.3, -0.25) is 4.79 Å². The Morgan fingerprint density at radius 1 is 1.40 bits per heavy atom. The number of hydrogen-bond acceptors (Lipinski definition) is 3. The molecular formula is C10H15NO4. The molecule has 0 saturated carbocycles. The molecule has 1 aliphatic rings. The third kappa shape index (κ3) is 2.79. The molecule has 84 valence electrons. The molecule has 1 saturated heterocycles. The van der Waals surface area contributed by atoms with Crippen LogP contribution in [-0.4, -0.2) is 35.7 Å². The van der Waals surface area contributed by atoms with Gasteiger partial charge in [0, 0.05) is 26.1 Å². The molecule has 1 heterocycles. The van der Waals surface area contributed by atoms with Crippen LogP contribution in [0.15, 0.2) is 12.2 Å². The van der Waals surface area contributed by atoms with Crippen LogP contribution in [0.2, 0.25) is 0 Å². The van der Waals surface area contributed by atoms with Gasteiger partial charge in [-0.2, -0.15) is 0 Å². The zero-order valence-electron chi connectivity index (χ0n) is 8.66. The van der Waals surface area contributed by atoms with Crippen molar-refractivity contribution < 1.29 is 19.4 Å². The molecule has 0 atom stereocenters. The highest BCUT2D eigenvalue weighted by Crippen LogP contribution is 2.20. The van der Waals surface area contributed by atoms with Crippen LogP contribution in [0.3, 0.4) is 0 Å². The summed E-state index contributed by atoms with van der Waals surface area (Å²) >= 11 is 0. The predicted octanol–water partition coefficient (Wildman–Crippen LogP) is 0.312. The lowest BCUT2D eigenvalue weighted by molar-refractivity contribution is -0.151. The quantitative estimate of drug-likeness (QED) is 0.662. The molecule has 15 heavy (non-hydrogen) atoms. The minimum atomic E-state index is -1.16. The number of aliphatic carboxylic acids is 1. The van der Waals surface area contributed by atoms with E-state index in [4.69, 9.17) is 9.84 Å². The van der Waals surface area contributed by atoms with Gasteiger partial charge in [0.05, 0.1) is 0 Å². The van der Waals surface area contributed by atoms with E-state index in [1.807, 2.05) is 0 Å². The van der Waals surface area contributed by atoms with Crippen LogP contribution in [0.4, 0.5) is 0 Å². The van der Waals surface area contributed by atoms with Gasteiger partial charge in [-0.15, -0.1) is 0 Å². The molecule has 0 unspecified atom stereocenters. The standard InChI is InChI=1S/C10H15NO4/c1-2-3-8(12)11-10(9(13)14)4-6-15-7-5-10/h2-3H,4-7H2,1H3,(H,11,12)(H,13,14)/b3-2+. The van der Waals surface area contributed by atoms with Crippen molar-refractivity contribution in [2.45, 2.75) is 25.3 Å². The molecular weight excluding hydrogens is 198 g/mol. The van der Waals surface area contributed by atoms with Crippen molar-refractivity contribution in [3.63, 3.8) is 0 Å². The first-order valence-electron chi connectivity index (χ1n) is 4.87. The number of carboxylic acids is 1. The molecule has 5 nitrogen and oxygen atoms in total. The number of ether oxygens (including phenoxy) is 1. The molecule has 1 fully saturated rings. The molecule has 0 spiro atoms. The second-order valence-electron chi connectivity index (χ2n) is 3.49. The number of hydrogen-bond donors (Lipinski definition) is 2. The lowest BCUT2D eigenvalue weighted by Gasteiger charge is -2.33. The first kappa shape index (κ1) is 11.7. The Kier molecular flexibility index (Phi) is 3.85. The van der Waals surface area contributed by atoms with Gasteiger partial charge in [-0.1, -0.05) is 6.08 Å². The summed E-state index contributed by atoms with van der Waals surface area (Å²) in [5, 5.41) is 11.6. The number of allylic oxidation sites excluding steroid dienone is 1. The highest BCUT2D eigenvalue weighted by Gasteiger charge is 2.41. The van der Waals surface area contributed by atoms with Gasteiger partial charge in [-0.25, -0.2) is 4.79 Å². The topological polar surface area (TPSA) is 75.6 Å². The van der Waals surface area contributed by atoms with Gasteiger partial charge in [0.25, 0.3) is 0 Å². The van der Waals surface area contributed by atoms with Crippen LogP contribution < -0.4 is 5.32 Å². The summed E-state index contributed by atoms with van der Waals surface area (Å²) in [6, 6.07) is 0. The highest BCUT2D eigenvalue weighted by molar-refractivity contribution is 5.93. The summed E-state index contributed by atoms with van der Waals surface area (Å²) in [6.07, 6.45) is 3.52. The molecule has 5 heteroatoms. The van der Waals surface area contributed by atoms with Crippen molar-refractivity contribution in [3.05, 3.63) is 12.2 Å². The zero-order chi connectivity index (χ0) is 11.3. The smallest absolute Gasteiger partial charge is 0.329 e. The average molecular weight is 213 g/mol. The van der Waals surface area contributed by atoms with Crippen molar-refractivity contribution >= 4 is 11.9 Å². The number of carboxylic acid groups (broad SMARTS) is 1. The minimum absolute atomic E-state index is 0.311. The maximum absolute atomic E-state index is 11.3. The Morgan fingerprint density at radius 3 is 2.47 bits per heavy atom. The van der Waals surface area contributed by atoms with E-state index in [9.17, 15) is 9.59 Å². The summed E-state index contributed by atoms with van der Waals surface area (Å²) in [5.41, 5.74) is -1.16. The normalized spacial score (nSPS) is 20.1. The van der Waals surface area contributed by atoms with E-state index in [0.717, 1.165) is 0 Å². The van der Waals surface area contributed by atoms with Crippen LogP contribution in [0, 0.1) is 0 Å². The number of carbonyl (C=O) groups excluding carboxylic acids is 1. The highest BCUT2D eigenvalue weighted by atomic mass is 16.5. The largest absolute Gasteiger partial charge is 0.480 e. The third-order valence-corrected chi connectivity index (χ3v) is 2.44. The fraction of sp³-hybridized carbons (Fsp3) is 0.600. The van der Waals surface area contributed by atoms with Gasteiger partial charge in [-0.05, 0) is 13.0 Å². The third-order valence-electron chi connectivity index (χ3n) is 2.44. The first-order valence-corrected chi connectivity index (χ1v) is 4.87. The maximum atomic E-state index is 11.3. The molecule has 0 bridgehead atoms. The van der Waals surface area contributed by atoms with Gasteiger partial charge < -0.3 is 15.2 Å². The van der Waals surface area contributed by atoms with E-state index in [0.29, 0.717) is 26.1 Å². The van der Waals surface area contributed by atoms with E-state index in [1.54, 1.807) is 13.0 Å². The van der Waals surface area contributed by atoms with E-state index >= 15 is 0 Å². The van der Waals surface area contributed by atoms with Crippen LogP contribution in [0.25, 0.3) is 0 Å². The number of nitrogens with one attached hydrogen (secondary N) is 1. The number of amides is 1. The molecule has 0 aromatic rings. The minimum Gasteiger partial charge on any atom is -0.480 e. The van der Waals surface area contributed by atoms with E-state index in [1.165, 1.54) is 6.08 Å². The Morgan fingerprint density at radius 2 is 2.00 bits per heavy atom. The fourth-order valence-corrected chi connectivity index (χ4v) is 1.54. The van der Waals surface area contributed by atoms with E-state index < -0.39 is 11.5 Å². The molecule has 1 amide bonds. The van der Waals surface area contributed by atoms with Crippen molar-refractivity contribution in [1.29, 1.82) is 0 Å². The average Bonchev–Trinajstić information content (AvgIpc) is 2.19. The second-order valence-corrected chi connectivity index (χ2v) is 3.49. The predicted molar refractivity (Wildman–Crippen MR) is 53.4 cm³/mol. The SMILES string of the molecule is C/C=C/C(=O)NC1(C(=O)O)CCOCC1. The molecule has 1 rings (SSSR count). The molecule has 1 aliphatic heterocycles. The molecule has 0 aromatic heterocycles. The monoisotopic (exact) mass is 213 g/mol. The van der Waals surface area contributed by atoms with Crippen LogP contribution in [0.5, 0.6) is 0 Å². The Hall–Kier alpha value is -1.36. The van der Waals surface area contributed by atoms with Gasteiger partial charge in [0.2, 0.25) is 5.91 Å². The summed E-state index contributed by atoms with van der Waals surface area (Å²) in [7, 11) is 0. The molecule has 0 radical (unpaired) electrons. The Labute approximate surface area is 88.1 Å². The summed E-state index contributed by atoms with van der Waals surface area (Å²) in [4.78, 5) is 22.4. The Bertz CT molecular complexity index is 279. The van der Waals surface area contributed by atoms with Crippen LogP contribution in [0.1, 0.15) is 19.8 Å². The lowest BCUT2D eigenvalue weighted by Crippen LogP contribution is -2.57. The number of rotatable bonds is 3. The maximum Gasteiger partial charge on any atom is 0.329 e. The second kappa shape index (κ2) is 4.93. The summed E-state index contributed by atoms with van der Waals surface area (Å²) < 4.78 is 5.08. The molecule has 0 aromatic carbocycles. The number of carbonyl (C=O) groups is 2. The molecule has 2 N–H and O–H groups in total. The van der Waals surface area contributed by atoms with Crippen molar-refractivity contribution in [2.24, 2.45) is 0 Å². The lowest BCUT2D eigenvalue weighted by atomic mass is 9.90. The van der Waals surface area contributed by atoms with E-state index in [-0.39, 0.29) is 5.91 Å². The van der Waals surface area contributed by atoms with Crippen LogP contribution in [-0.2, 0) is 14.3 Å². The summed E-state index contributed by atoms with van der Waals surface area (Å²) in [6.45, 7) is 2.43.